The molecule has 4 heterocycles. The first-order valence-corrected chi connectivity index (χ1v) is 18.8. The van der Waals surface area contributed by atoms with Crippen molar-refractivity contribution in [1.82, 2.24) is 14.9 Å². The number of allylic oxidation sites excluding steroid dienone is 2. The minimum absolute atomic E-state index is 0.298. The van der Waals surface area contributed by atoms with E-state index in [1.807, 2.05) is 13.1 Å². The molecule has 1 aromatic carbocycles. The Morgan fingerprint density at radius 2 is 1.88 bits per heavy atom. The number of rotatable bonds is 13. The minimum atomic E-state index is -0.387. The van der Waals surface area contributed by atoms with Crippen molar-refractivity contribution in [1.29, 1.82) is 5.26 Å². The van der Waals surface area contributed by atoms with Gasteiger partial charge in [0.1, 0.15) is 16.9 Å². The second-order valence-electron chi connectivity index (χ2n) is 12.4. The number of hydrogen-bond acceptors (Lipinski definition) is 9. The Morgan fingerprint density at radius 1 is 1.15 bits per heavy atom. The average molecular weight is 695 g/mol. The quantitative estimate of drug-likeness (QED) is 0.138. The normalized spacial score (nSPS) is 15.1. The minimum Gasteiger partial charge on any atom is -0.395 e. The molecule has 2 aliphatic rings. The van der Waals surface area contributed by atoms with Gasteiger partial charge >= 0.3 is 0 Å². The molecule has 8 nitrogen and oxygen atoms in total. The molecule has 11 heteroatoms. The molecule has 3 N–H and O–H groups in total. The van der Waals surface area contributed by atoms with E-state index in [2.05, 4.69) is 45.9 Å². The summed E-state index contributed by atoms with van der Waals surface area (Å²) in [4.78, 5) is 14.7. The van der Waals surface area contributed by atoms with Crippen LogP contribution in [-0.4, -0.2) is 59.3 Å². The van der Waals surface area contributed by atoms with Gasteiger partial charge < -0.3 is 25.4 Å². The van der Waals surface area contributed by atoms with E-state index in [-0.39, 0.29) is 5.83 Å². The van der Waals surface area contributed by atoms with Crippen LogP contribution in [0.3, 0.4) is 0 Å². The van der Waals surface area contributed by atoms with Gasteiger partial charge in [-0.25, -0.2) is 14.4 Å². The number of ether oxygens (including phenoxy) is 1. The lowest BCUT2D eigenvalue weighted by atomic mass is 9.85. The van der Waals surface area contributed by atoms with Gasteiger partial charge in [-0.15, -0.1) is 20.6 Å². The molecule has 0 saturated carbocycles. The molecule has 0 amide bonds. The SMILES string of the molecule is C/C=C(/F)c1sc(N)c(C#N)c1/C(=C(\C)CC)c1c2c(c3cnc(N4CCCC4)nc3c1P)COC2.CCCCCN(CCC)CCO. The van der Waals surface area contributed by atoms with E-state index in [1.54, 1.807) is 6.92 Å². The van der Waals surface area contributed by atoms with Crippen molar-refractivity contribution < 1.29 is 14.2 Å². The summed E-state index contributed by atoms with van der Waals surface area (Å²) in [5, 5.41) is 21.0. The number of nitrogens with zero attached hydrogens (tertiary/aromatic N) is 5. The van der Waals surface area contributed by atoms with Crippen molar-refractivity contribution in [2.75, 3.05) is 50.0 Å². The summed E-state index contributed by atoms with van der Waals surface area (Å²) in [6.07, 6.45) is 11.4. The van der Waals surface area contributed by atoms with Crippen LogP contribution in [-0.2, 0) is 18.0 Å². The van der Waals surface area contributed by atoms with Crippen LogP contribution in [0.15, 0.2) is 17.8 Å². The lowest BCUT2D eigenvalue weighted by Crippen LogP contribution is -2.28. The summed E-state index contributed by atoms with van der Waals surface area (Å²) >= 11 is 1.12. The topological polar surface area (TPSA) is 112 Å². The Hall–Kier alpha value is -2.93. The third-order valence-electron chi connectivity index (χ3n) is 9.18. The highest BCUT2D eigenvalue weighted by atomic mass is 32.1. The fourth-order valence-corrected chi connectivity index (χ4v) is 8.06. The number of nitriles is 1. The molecule has 0 aliphatic carbocycles. The average Bonchev–Trinajstić information content (AvgIpc) is 3.87. The molecule has 2 aliphatic heterocycles. The van der Waals surface area contributed by atoms with E-state index in [0.29, 0.717) is 40.8 Å². The lowest BCUT2D eigenvalue weighted by molar-refractivity contribution is 0.135. The van der Waals surface area contributed by atoms with Gasteiger partial charge in [-0.05, 0) is 81.3 Å². The van der Waals surface area contributed by atoms with Gasteiger partial charge in [-0.3, -0.25) is 0 Å². The second-order valence-corrected chi connectivity index (χ2v) is 14.1. The van der Waals surface area contributed by atoms with Gasteiger partial charge in [-0.1, -0.05) is 45.3 Å². The van der Waals surface area contributed by atoms with Crippen molar-refractivity contribution in [3.05, 3.63) is 50.5 Å². The van der Waals surface area contributed by atoms with Crippen molar-refractivity contribution >= 4 is 59.1 Å². The van der Waals surface area contributed by atoms with Crippen molar-refractivity contribution in [3.8, 4) is 6.07 Å². The van der Waals surface area contributed by atoms with E-state index in [0.717, 1.165) is 113 Å². The number of fused-ring (bicyclic) bond motifs is 3. The highest BCUT2D eigenvalue weighted by Gasteiger charge is 2.31. The van der Waals surface area contributed by atoms with Crippen molar-refractivity contribution in [3.63, 3.8) is 0 Å². The number of aromatic nitrogens is 2. The number of thiophene rings is 1. The Bertz CT molecular complexity index is 1670. The van der Waals surface area contributed by atoms with Crippen LogP contribution in [0.25, 0.3) is 22.3 Å². The summed E-state index contributed by atoms with van der Waals surface area (Å²) in [6, 6.07) is 2.25. The number of anilines is 2. The Balaban J connectivity index is 0.000000371. The van der Waals surface area contributed by atoms with Gasteiger partial charge in [0.2, 0.25) is 5.95 Å². The molecule has 3 aromatic rings. The summed E-state index contributed by atoms with van der Waals surface area (Å²) < 4.78 is 21.1. The van der Waals surface area contributed by atoms with Gasteiger partial charge in [0.25, 0.3) is 0 Å². The molecular weight excluding hydrogens is 642 g/mol. The highest BCUT2D eigenvalue weighted by Crippen LogP contribution is 2.46. The zero-order chi connectivity index (χ0) is 34.8. The van der Waals surface area contributed by atoms with Crippen LogP contribution in [0.4, 0.5) is 15.3 Å². The summed E-state index contributed by atoms with van der Waals surface area (Å²) in [6.45, 7) is 16.4. The smallest absolute Gasteiger partial charge is 0.225 e. The van der Waals surface area contributed by atoms with Crippen LogP contribution in [0, 0.1) is 11.3 Å². The molecule has 5 rings (SSSR count). The van der Waals surface area contributed by atoms with E-state index in [1.165, 1.54) is 31.8 Å². The third-order valence-corrected chi connectivity index (χ3v) is 10.8. The molecule has 1 unspecified atom stereocenters. The molecule has 0 bridgehead atoms. The van der Waals surface area contributed by atoms with Gasteiger partial charge in [0.05, 0.1) is 35.8 Å². The summed E-state index contributed by atoms with van der Waals surface area (Å²) in [5.74, 6) is 0.339. The largest absolute Gasteiger partial charge is 0.395 e. The van der Waals surface area contributed by atoms with Crippen LogP contribution >= 0.6 is 20.6 Å². The Labute approximate surface area is 292 Å². The standard InChI is InChI=1S/C27H29FN5OPS.C10H23NO/c1-4-14(3)20(22-15(10-29)26(30)36-25(22)19(28)5-2)21-18-13-34-12-17(18)16-11-31-27(32-23(16)24(21)35)33-8-6-7-9-33;1-3-5-6-8-11(7-4-2)9-10-12/h5,11H,4,6-9,12-13,30,35H2,1-3H3;12H,3-10H2,1-2H3/b19-5+,20-14+;. The molecule has 1 saturated heterocycles. The number of halogens is 1. The molecule has 48 heavy (non-hydrogen) atoms. The maximum Gasteiger partial charge on any atom is 0.225 e. The fraction of sp³-hybridized carbons (Fsp3) is 0.541. The van der Waals surface area contributed by atoms with E-state index in [4.69, 9.17) is 25.5 Å². The number of aliphatic hydroxyl groups is 1. The second kappa shape index (κ2) is 18.2. The molecule has 1 atom stereocenters. The van der Waals surface area contributed by atoms with Crippen molar-refractivity contribution in [2.45, 2.75) is 92.8 Å². The van der Waals surface area contributed by atoms with Gasteiger partial charge in [-0.2, -0.15) is 5.26 Å². The number of nitrogen functional groups attached to an aromatic ring is 1. The highest BCUT2D eigenvalue weighted by molar-refractivity contribution is 7.28. The van der Waals surface area contributed by atoms with Crippen LogP contribution in [0.1, 0.15) is 112 Å². The maximum absolute atomic E-state index is 15.2. The number of benzene rings is 1. The number of aliphatic hydroxyl groups excluding tert-OH is 1. The summed E-state index contributed by atoms with van der Waals surface area (Å²) in [5.41, 5.74) is 12.9. The molecule has 2 aromatic heterocycles. The molecular formula is C37H52FN6O2PS. The Kier molecular flexibility index (Phi) is 14.3. The van der Waals surface area contributed by atoms with E-state index in [9.17, 15) is 5.26 Å². The number of unbranched alkanes of at least 4 members (excludes halogenated alkanes) is 2. The first-order chi connectivity index (χ1) is 23.3. The fourth-order valence-electron chi connectivity index (χ4n) is 6.53. The molecule has 0 spiro atoms. The van der Waals surface area contributed by atoms with Crippen LogP contribution < -0.4 is 15.9 Å². The van der Waals surface area contributed by atoms with Gasteiger partial charge in [0, 0.05) is 42.1 Å². The molecule has 260 valence electrons. The predicted octanol–water partition coefficient (Wildman–Crippen LogP) is 7.72. The third kappa shape index (κ3) is 8.26. The number of hydrogen-bond donors (Lipinski definition) is 2. The molecule has 1 fully saturated rings. The first kappa shape index (κ1) is 37.9. The number of nitrogens with two attached hydrogens (primary N) is 1. The maximum atomic E-state index is 15.2. The monoisotopic (exact) mass is 694 g/mol. The van der Waals surface area contributed by atoms with E-state index >= 15 is 4.39 Å². The molecule has 0 radical (unpaired) electrons. The zero-order valence-corrected chi connectivity index (χ0v) is 31.3. The first-order valence-electron chi connectivity index (χ1n) is 17.4. The lowest BCUT2D eigenvalue weighted by Gasteiger charge is -2.22. The summed E-state index contributed by atoms with van der Waals surface area (Å²) in [7, 11) is 2.87. The van der Waals surface area contributed by atoms with Crippen molar-refractivity contribution in [2.24, 2.45) is 0 Å². The van der Waals surface area contributed by atoms with Crippen LogP contribution in [0.2, 0.25) is 0 Å². The van der Waals surface area contributed by atoms with E-state index < -0.39 is 0 Å². The van der Waals surface area contributed by atoms with Crippen LogP contribution in [0.5, 0.6) is 0 Å². The Morgan fingerprint density at radius 3 is 2.50 bits per heavy atom. The van der Waals surface area contributed by atoms with Gasteiger partial charge in [0.15, 0.2) is 0 Å². The zero-order valence-electron chi connectivity index (χ0n) is 29.3. The predicted molar refractivity (Wildman–Crippen MR) is 202 cm³/mol.